The van der Waals surface area contributed by atoms with E-state index in [9.17, 15) is 4.79 Å². The highest BCUT2D eigenvalue weighted by molar-refractivity contribution is 5.79. The molecule has 25 heavy (non-hydrogen) atoms. The molecular weight excluding hydrogens is 304 g/mol. The highest BCUT2D eigenvalue weighted by Gasteiger charge is 2.62. The molecule has 0 spiro atoms. The SMILES string of the molecule is CCC(C)C1CCC2C3C(C)C[C@H]4CC(=O)CC[C@]4(C)C3CC[C@]12C. The van der Waals surface area contributed by atoms with Gasteiger partial charge in [0.15, 0.2) is 0 Å². The first kappa shape index (κ1) is 18.1. The molecule has 0 aromatic heterocycles. The van der Waals surface area contributed by atoms with E-state index in [0.29, 0.717) is 22.5 Å². The molecule has 1 nitrogen and oxygen atoms in total. The molecule has 0 N–H and O–H groups in total. The predicted molar refractivity (Wildman–Crippen MR) is 104 cm³/mol. The van der Waals surface area contributed by atoms with Gasteiger partial charge in [-0.25, -0.2) is 0 Å². The molecule has 0 heterocycles. The molecular formula is C24H40O. The van der Waals surface area contributed by atoms with E-state index in [1.165, 1.54) is 44.9 Å². The van der Waals surface area contributed by atoms with Gasteiger partial charge in [0.1, 0.15) is 5.78 Å². The molecule has 4 fully saturated rings. The van der Waals surface area contributed by atoms with Gasteiger partial charge in [-0.1, -0.05) is 41.0 Å². The zero-order valence-corrected chi connectivity index (χ0v) is 17.3. The van der Waals surface area contributed by atoms with Crippen molar-refractivity contribution in [3.8, 4) is 0 Å². The number of carbonyl (C=O) groups is 1. The lowest BCUT2D eigenvalue weighted by Gasteiger charge is -2.62. The first-order valence-corrected chi connectivity index (χ1v) is 11.3. The van der Waals surface area contributed by atoms with E-state index in [2.05, 4.69) is 34.6 Å². The zero-order chi connectivity index (χ0) is 18.0. The van der Waals surface area contributed by atoms with Crippen molar-refractivity contribution in [1.82, 2.24) is 0 Å². The molecule has 0 aromatic rings. The van der Waals surface area contributed by atoms with Gasteiger partial charge in [0.05, 0.1) is 0 Å². The van der Waals surface area contributed by atoms with Crippen molar-refractivity contribution in [2.75, 3.05) is 0 Å². The smallest absolute Gasteiger partial charge is 0.133 e. The topological polar surface area (TPSA) is 17.1 Å². The van der Waals surface area contributed by atoms with Gasteiger partial charge in [-0.2, -0.15) is 0 Å². The summed E-state index contributed by atoms with van der Waals surface area (Å²) < 4.78 is 0. The fraction of sp³-hybridized carbons (Fsp3) is 0.958. The number of rotatable bonds is 2. The van der Waals surface area contributed by atoms with Gasteiger partial charge >= 0.3 is 0 Å². The maximum atomic E-state index is 12.1. The van der Waals surface area contributed by atoms with Gasteiger partial charge < -0.3 is 0 Å². The molecule has 142 valence electrons. The summed E-state index contributed by atoms with van der Waals surface area (Å²) in [6.07, 6.45) is 11.5. The van der Waals surface area contributed by atoms with E-state index in [0.717, 1.165) is 48.3 Å². The maximum Gasteiger partial charge on any atom is 0.133 e. The van der Waals surface area contributed by atoms with Crippen molar-refractivity contribution < 1.29 is 4.79 Å². The number of fused-ring (bicyclic) bond motifs is 5. The molecule has 0 saturated heterocycles. The Labute approximate surface area is 155 Å². The average Bonchev–Trinajstić information content (AvgIpc) is 2.93. The summed E-state index contributed by atoms with van der Waals surface area (Å²) in [6, 6.07) is 0. The minimum absolute atomic E-state index is 0.459. The second-order valence-electron chi connectivity index (χ2n) is 11.1. The van der Waals surface area contributed by atoms with Gasteiger partial charge in [0.2, 0.25) is 0 Å². The van der Waals surface area contributed by atoms with E-state index >= 15 is 0 Å². The zero-order valence-electron chi connectivity index (χ0n) is 17.3. The van der Waals surface area contributed by atoms with Gasteiger partial charge in [-0.05, 0) is 90.8 Å². The van der Waals surface area contributed by atoms with Gasteiger partial charge in [0, 0.05) is 12.8 Å². The summed E-state index contributed by atoms with van der Waals surface area (Å²) in [6.45, 7) is 12.7. The Kier molecular flexibility index (Phi) is 4.40. The lowest BCUT2D eigenvalue weighted by atomic mass is 9.42. The van der Waals surface area contributed by atoms with Crippen LogP contribution in [-0.4, -0.2) is 5.78 Å². The number of carbonyl (C=O) groups excluding carboxylic acids is 1. The van der Waals surface area contributed by atoms with Crippen molar-refractivity contribution in [3.63, 3.8) is 0 Å². The largest absolute Gasteiger partial charge is 0.300 e. The van der Waals surface area contributed by atoms with E-state index in [-0.39, 0.29) is 0 Å². The van der Waals surface area contributed by atoms with Crippen LogP contribution in [0.2, 0.25) is 0 Å². The molecule has 0 bridgehead atoms. The molecule has 0 aliphatic heterocycles. The maximum absolute atomic E-state index is 12.1. The molecule has 6 unspecified atom stereocenters. The van der Waals surface area contributed by atoms with Crippen LogP contribution in [0.25, 0.3) is 0 Å². The summed E-state index contributed by atoms with van der Waals surface area (Å²) in [7, 11) is 0. The van der Waals surface area contributed by atoms with Crippen LogP contribution in [0.15, 0.2) is 0 Å². The number of Topliss-reactive ketones (excluding diaryl/α,β-unsaturated/α-hetero) is 1. The number of hydrogen-bond acceptors (Lipinski definition) is 1. The Morgan fingerprint density at radius 1 is 1.08 bits per heavy atom. The highest BCUT2D eigenvalue weighted by Crippen LogP contribution is 2.69. The van der Waals surface area contributed by atoms with Crippen LogP contribution in [0.3, 0.4) is 0 Å². The molecule has 4 aliphatic rings. The van der Waals surface area contributed by atoms with E-state index in [1.54, 1.807) is 0 Å². The molecule has 4 aliphatic carbocycles. The van der Waals surface area contributed by atoms with Crippen molar-refractivity contribution in [2.24, 2.45) is 52.3 Å². The number of ketones is 1. The van der Waals surface area contributed by atoms with Crippen LogP contribution >= 0.6 is 0 Å². The van der Waals surface area contributed by atoms with Crippen molar-refractivity contribution >= 4 is 5.78 Å². The van der Waals surface area contributed by atoms with Gasteiger partial charge in [0.25, 0.3) is 0 Å². The summed E-state index contributed by atoms with van der Waals surface area (Å²) in [5.74, 6) is 6.68. The van der Waals surface area contributed by atoms with Crippen LogP contribution in [-0.2, 0) is 4.79 Å². The van der Waals surface area contributed by atoms with E-state index in [1.807, 2.05) is 0 Å². The summed E-state index contributed by atoms with van der Waals surface area (Å²) in [5.41, 5.74) is 1.05. The third-order valence-corrected chi connectivity index (χ3v) is 10.2. The first-order valence-electron chi connectivity index (χ1n) is 11.3. The van der Waals surface area contributed by atoms with Crippen molar-refractivity contribution in [2.45, 2.75) is 92.4 Å². The normalized spacial score (nSPS) is 53.7. The lowest BCUT2D eigenvalue weighted by Crippen LogP contribution is -2.56. The number of hydrogen-bond donors (Lipinski definition) is 0. The lowest BCUT2D eigenvalue weighted by molar-refractivity contribution is -0.150. The van der Waals surface area contributed by atoms with Crippen molar-refractivity contribution in [3.05, 3.63) is 0 Å². The van der Waals surface area contributed by atoms with Crippen LogP contribution in [0.4, 0.5) is 0 Å². The second kappa shape index (κ2) is 6.10. The minimum Gasteiger partial charge on any atom is -0.300 e. The molecule has 4 saturated carbocycles. The fourth-order valence-electron chi connectivity index (χ4n) is 8.69. The van der Waals surface area contributed by atoms with Crippen LogP contribution < -0.4 is 0 Å². The Morgan fingerprint density at radius 2 is 1.80 bits per heavy atom. The fourth-order valence-corrected chi connectivity index (χ4v) is 8.69. The van der Waals surface area contributed by atoms with Crippen LogP contribution in [0, 0.1) is 52.3 Å². The summed E-state index contributed by atoms with van der Waals surface area (Å²) >= 11 is 0. The summed E-state index contributed by atoms with van der Waals surface area (Å²) in [5, 5.41) is 0. The molecule has 4 rings (SSSR count). The quantitative estimate of drug-likeness (QED) is 0.558. The van der Waals surface area contributed by atoms with Gasteiger partial charge in [-0.3, -0.25) is 4.79 Å². The second-order valence-corrected chi connectivity index (χ2v) is 11.1. The van der Waals surface area contributed by atoms with Crippen LogP contribution in [0.5, 0.6) is 0 Å². The Balaban J connectivity index is 1.64. The average molecular weight is 345 g/mol. The van der Waals surface area contributed by atoms with E-state index < -0.39 is 0 Å². The molecule has 0 amide bonds. The summed E-state index contributed by atoms with van der Waals surface area (Å²) in [4.78, 5) is 12.1. The first-order chi connectivity index (χ1) is 11.8. The van der Waals surface area contributed by atoms with Crippen LogP contribution in [0.1, 0.15) is 92.4 Å². The Hall–Kier alpha value is -0.330. The molecule has 0 radical (unpaired) electrons. The third-order valence-electron chi connectivity index (χ3n) is 10.2. The Bertz CT molecular complexity index is 538. The highest BCUT2D eigenvalue weighted by atomic mass is 16.1. The predicted octanol–water partition coefficient (Wildman–Crippen LogP) is 6.51. The Morgan fingerprint density at radius 3 is 2.52 bits per heavy atom. The van der Waals surface area contributed by atoms with E-state index in [4.69, 9.17) is 0 Å². The monoisotopic (exact) mass is 344 g/mol. The van der Waals surface area contributed by atoms with Gasteiger partial charge in [-0.15, -0.1) is 0 Å². The molecule has 1 heteroatoms. The third kappa shape index (κ3) is 2.50. The molecule has 0 aromatic carbocycles. The van der Waals surface area contributed by atoms with Crippen molar-refractivity contribution in [1.29, 1.82) is 0 Å². The standard InChI is InChI=1S/C24H40O/c1-6-15(2)19-7-8-20-22-16(3)13-17-14-18(25)9-11-23(17,4)21(22)10-12-24(19,20)5/h15-17,19-22H,6-14H2,1-5H3/t15?,16?,17-,19?,20?,21?,22?,23-,24+/m0/s1. The minimum atomic E-state index is 0.459. The molecule has 9 atom stereocenters.